The number of carbonyl (C=O) groups is 1. The zero-order valence-corrected chi connectivity index (χ0v) is 15.2. The molecule has 0 aliphatic heterocycles. The fourth-order valence-corrected chi connectivity index (χ4v) is 2.52. The minimum absolute atomic E-state index is 0.104. The summed E-state index contributed by atoms with van der Waals surface area (Å²) in [4.78, 5) is 14.3. The first-order chi connectivity index (χ1) is 12.5. The second-order valence-corrected chi connectivity index (χ2v) is 6.24. The summed E-state index contributed by atoms with van der Waals surface area (Å²) in [6.07, 6.45) is 1.54. The molecule has 0 aliphatic carbocycles. The fourth-order valence-electron chi connectivity index (χ4n) is 2.52. The highest BCUT2D eigenvalue weighted by atomic mass is 16.4. The van der Waals surface area contributed by atoms with Crippen LogP contribution in [0.1, 0.15) is 34.3 Å². The Morgan fingerprint density at radius 2 is 1.65 bits per heavy atom. The van der Waals surface area contributed by atoms with Gasteiger partial charge < -0.3 is 9.32 Å². The van der Waals surface area contributed by atoms with Crippen molar-refractivity contribution in [3.63, 3.8) is 0 Å². The van der Waals surface area contributed by atoms with Crippen LogP contribution in [-0.2, 0) is 12.8 Å². The van der Waals surface area contributed by atoms with Crippen molar-refractivity contribution in [3.8, 4) is 0 Å². The van der Waals surface area contributed by atoms with E-state index in [1.165, 1.54) is 5.56 Å². The van der Waals surface area contributed by atoms with Crippen molar-refractivity contribution < 1.29 is 9.21 Å². The van der Waals surface area contributed by atoms with E-state index < -0.39 is 0 Å². The van der Waals surface area contributed by atoms with Crippen LogP contribution in [0, 0.1) is 0 Å². The van der Waals surface area contributed by atoms with Gasteiger partial charge in [0.15, 0.2) is 0 Å². The normalized spacial score (nSPS) is 10.6. The lowest BCUT2D eigenvalue weighted by Gasteiger charge is -2.12. The molecule has 3 rings (SSSR count). The van der Waals surface area contributed by atoms with Gasteiger partial charge in [0.2, 0.25) is 5.89 Å². The van der Waals surface area contributed by atoms with E-state index in [1.54, 1.807) is 12.1 Å². The van der Waals surface area contributed by atoms with E-state index >= 15 is 0 Å². The first-order valence-corrected chi connectivity index (χ1v) is 8.54. The zero-order valence-electron chi connectivity index (χ0n) is 15.2. The fraction of sp³-hybridized carbons (Fsp3) is 0.250. The molecule has 0 unspecified atom stereocenters. The number of nitrogens with zero attached hydrogens (tertiary/aromatic N) is 3. The van der Waals surface area contributed by atoms with Gasteiger partial charge in [-0.1, -0.05) is 36.3 Å². The van der Waals surface area contributed by atoms with Crippen LogP contribution in [0.4, 0.5) is 11.7 Å². The lowest BCUT2D eigenvalue weighted by atomic mass is 10.1. The molecule has 0 saturated carbocycles. The molecular formula is C20H22N4O2. The van der Waals surface area contributed by atoms with Crippen LogP contribution >= 0.6 is 0 Å². The summed E-state index contributed by atoms with van der Waals surface area (Å²) in [6, 6.07) is 15.7. The number of hydrogen-bond donors (Lipinski definition) is 1. The maximum Gasteiger partial charge on any atom is 0.322 e. The van der Waals surface area contributed by atoms with Crippen molar-refractivity contribution >= 4 is 17.6 Å². The van der Waals surface area contributed by atoms with Crippen molar-refractivity contribution in [3.05, 3.63) is 71.1 Å². The SMILES string of the molecule is CCc1ccc(Cc2nnc(NC(=O)c3ccc(N(C)C)cc3)o2)cc1. The minimum atomic E-state index is -0.280. The van der Waals surface area contributed by atoms with Crippen LogP contribution in [0.2, 0.25) is 0 Å². The molecule has 2 aromatic carbocycles. The number of nitrogens with one attached hydrogen (secondary N) is 1. The number of carbonyl (C=O) groups excluding carboxylic acids is 1. The van der Waals surface area contributed by atoms with Gasteiger partial charge in [0.05, 0.1) is 6.42 Å². The smallest absolute Gasteiger partial charge is 0.322 e. The number of aromatic nitrogens is 2. The Bertz CT molecular complexity index is 868. The average Bonchev–Trinajstić information content (AvgIpc) is 3.09. The van der Waals surface area contributed by atoms with E-state index in [9.17, 15) is 4.79 Å². The Kier molecular flexibility index (Phi) is 5.31. The molecule has 0 spiro atoms. The molecule has 1 amide bonds. The molecule has 0 aliphatic rings. The lowest BCUT2D eigenvalue weighted by Crippen LogP contribution is -2.13. The Hall–Kier alpha value is -3.15. The molecule has 0 bridgehead atoms. The largest absolute Gasteiger partial charge is 0.407 e. The Labute approximate surface area is 152 Å². The summed E-state index contributed by atoms with van der Waals surface area (Å²) in [5.74, 6) is 0.185. The molecule has 134 valence electrons. The van der Waals surface area contributed by atoms with E-state index in [4.69, 9.17) is 4.42 Å². The Morgan fingerprint density at radius 1 is 1.00 bits per heavy atom. The first kappa shape index (κ1) is 17.7. The third-order valence-corrected chi connectivity index (χ3v) is 4.12. The maximum absolute atomic E-state index is 12.3. The number of amides is 1. The second-order valence-electron chi connectivity index (χ2n) is 6.24. The number of anilines is 2. The van der Waals surface area contributed by atoms with Gasteiger partial charge in [-0.25, -0.2) is 0 Å². The summed E-state index contributed by atoms with van der Waals surface area (Å²) < 4.78 is 5.54. The first-order valence-electron chi connectivity index (χ1n) is 8.54. The van der Waals surface area contributed by atoms with Crippen LogP contribution in [0.15, 0.2) is 52.9 Å². The molecule has 0 fully saturated rings. The van der Waals surface area contributed by atoms with Gasteiger partial charge in [-0.05, 0) is 41.8 Å². The van der Waals surface area contributed by atoms with E-state index in [2.05, 4.69) is 34.6 Å². The molecule has 1 aromatic heterocycles. The standard InChI is InChI=1S/C20H22N4O2/c1-4-14-5-7-15(8-6-14)13-18-22-23-20(26-18)21-19(25)16-9-11-17(12-10-16)24(2)3/h5-12H,4,13H2,1-3H3,(H,21,23,25). The quantitative estimate of drug-likeness (QED) is 0.736. The van der Waals surface area contributed by atoms with Gasteiger partial charge in [-0.2, -0.15) is 0 Å². The van der Waals surface area contributed by atoms with Gasteiger partial charge in [-0.3, -0.25) is 10.1 Å². The van der Waals surface area contributed by atoms with Crippen LogP contribution in [0.3, 0.4) is 0 Å². The molecule has 26 heavy (non-hydrogen) atoms. The second kappa shape index (κ2) is 7.82. The minimum Gasteiger partial charge on any atom is -0.407 e. The molecule has 0 saturated heterocycles. The number of benzene rings is 2. The van der Waals surface area contributed by atoms with Crippen LogP contribution in [0.25, 0.3) is 0 Å². The van der Waals surface area contributed by atoms with Crippen LogP contribution in [-0.4, -0.2) is 30.2 Å². The number of rotatable bonds is 6. The van der Waals surface area contributed by atoms with Gasteiger partial charge >= 0.3 is 6.01 Å². The monoisotopic (exact) mass is 350 g/mol. The van der Waals surface area contributed by atoms with Gasteiger partial charge in [0.1, 0.15) is 0 Å². The molecule has 1 heterocycles. The van der Waals surface area contributed by atoms with Crippen molar-refractivity contribution in [1.29, 1.82) is 0 Å². The molecule has 3 aromatic rings. The molecule has 0 radical (unpaired) electrons. The van der Waals surface area contributed by atoms with E-state index in [0.29, 0.717) is 17.9 Å². The third-order valence-electron chi connectivity index (χ3n) is 4.12. The van der Waals surface area contributed by atoms with Crippen LogP contribution < -0.4 is 10.2 Å². The highest BCUT2D eigenvalue weighted by Gasteiger charge is 2.12. The summed E-state index contributed by atoms with van der Waals surface area (Å²) in [5, 5.41) is 10.5. The summed E-state index contributed by atoms with van der Waals surface area (Å²) in [7, 11) is 3.90. The topological polar surface area (TPSA) is 71.3 Å². The summed E-state index contributed by atoms with van der Waals surface area (Å²) >= 11 is 0. The lowest BCUT2D eigenvalue weighted by molar-refractivity contribution is 0.102. The zero-order chi connectivity index (χ0) is 18.5. The summed E-state index contributed by atoms with van der Waals surface area (Å²) in [6.45, 7) is 2.12. The van der Waals surface area contributed by atoms with Crippen molar-refractivity contribution in [2.75, 3.05) is 24.3 Å². The van der Waals surface area contributed by atoms with Crippen molar-refractivity contribution in [2.45, 2.75) is 19.8 Å². The predicted octanol–water partition coefficient (Wildman–Crippen LogP) is 3.54. The van der Waals surface area contributed by atoms with E-state index in [0.717, 1.165) is 17.7 Å². The molecular weight excluding hydrogens is 328 g/mol. The average molecular weight is 350 g/mol. The highest BCUT2D eigenvalue weighted by molar-refractivity contribution is 6.03. The maximum atomic E-state index is 12.3. The number of hydrogen-bond acceptors (Lipinski definition) is 5. The van der Waals surface area contributed by atoms with Gasteiger partial charge in [0.25, 0.3) is 5.91 Å². The molecule has 6 heteroatoms. The van der Waals surface area contributed by atoms with Crippen molar-refractivity contribution in [2.24, 2.45) is 0 Å². The Morgan fingerprint density at radius 3 is 2.27 bits per heavy atom. The highest BCUT2D eigenvalue weighted by Crippen LogP contribution is 2.15. The predicted molar refractivity (Wildman–Crippen MR) is 102 cm³/mol. The molecule has 0 atom stereocenters. The van der Waals surface area contributed by atoms with E-state index in [1.807, 2.05) is 43.3 Å². The molecule has 1 N–H and O–H groups in total. The van der Waals surface area contributed by atoms with Crippen LogP contribution in [0.5, 0.6) is 0 Å². The van der Waals surface area contributed by atoms with Gasteiger partial charge in [-0.15, -0.1) is 5.10 Å². The Balaban J connectivity index is 1.62. The van der Waals surface area contributed by atoms with Crippen molar-refractivity contribution in [1.82, 2.24) is 10.2 Å². The summed E-state index contributed by atoms with van der Waals surface area (Å²) in [5.41, 5.74) is 3.93. The molecule has 6 nitrogen and oxygen atoms in total. The third kappa shape index (κ3) is 4.27. The van der Waals surface area contributed by atoms with Gasteiger partial charge in [0, 0.05) is 25.3 Å². The number of aryl methyl sites for hydroxylation is 1. The van der Waals surface area contributed by atoms with E-state index in [-0.39, 0.29) is 11.9 Å².